The summed E-state index contributed by atoms with van der Waals surface area (Å²) >= 11 is 4.63. The number of thiocarbonyl (C=S) groups is 1. The molecule has 0 aliphatic rings. The summed E-state index contributed by atoms with van der Waals surface area (Å²) in [5.74, 6) is 0. The van der Waals surface area contributed by atoms with Gasteiger partial charge in [0.15, 0.2) is 0 Å². The van der Waals surface area contributed by atoms with E-state index in [-0.39, 0.29) is 33.3 Å². The molecular formula is C3H9AgNS2. The van der Waals surface area contributed by atoms with Crippen molar-refractivity contribution in [1.82, 2.24) is 0 Å². The first-order valence-corrected chi connectivity index (χ1v) is 4.26. The normalized spacial score (nSPS) is 9.14. The molecule has 4 heteroatoms. The van der Waals surface area contributed by atoms with E-state index >= 15 is 0 Å². The van der Waals surface area contributed by atoms with Crippen LogP contribution in [0.5, 0.6) is 0 Å². The zero-order valence-corrected chi connectivity index (χ0v) is 7.43. The van der Waals surface area contributed by atoms with Gasteiger partial charge in [-0.2, -0.15) is 0 Å². The molecule has 0 heterocycles. The molecule has 0 atom stereocenters. The van der Waals surface area contributed by atoms with Crippen LogP contribution in [0, 0.1) is 0 Å². The summed E-state index contributed by atoms with van der Waals surface area (Å²) in [6, 6.07) is 0. The van der Waals surface area contributed by atoms with Crippen LogP contribution in [0.2, 0.25) is 0 Å². The quantitative estimate of drug-likeness (QED) is 0.360. The molecule has 1 nitrogen and oxygen atoms in total. The van der Waals surface area contributed by atoms with Crippen molar-refractivity contribution in [3.8, 4) is 0 Å². The number of hydrogen-bond donors (Lipinski definition) is 2. The molecule has 2 N–H and O–H groups in total. The molecule has 0 saturated heterocycles. The Labute approximate surface area is 67.9 Å². The molecule has 0 aromatic heterocycles. The third-order valence-corrected chi connectivity index (χ3v) is 2.42. The Morgan fingerprint density at radius 3 is 1.71 bits per heavy atom. The summed E-state index contributed by atoms with van der Waals surface area (Å²) in [5.41, 5.74) is 5.20. The molecule has 0 unspecified atom stereocenters. The summed E-state index contributed by atoms with van der Waals surface area (Å²) in [6.07, 6.45) is 4.08. The van der Waals surface area contributed by atoms with Crippen molar-refractivity contribution in [2.45, 2.75) is 0 Å². The van der Waals surface area contributed by atoms with E-state index < -0.39 is 0 Å². The third kappa shape index (κ3) is 6.98. The van der Waals surface area contributed by atoms with Crippen LogP contribution in [0.1, 0.15) is 0 Å². The zero-order chi connectivity index (χ0) is 5.15. The fourth-order valence-electron chi connectivity index (χ4n) is 0. The number of rotatable bonds is 0. The summed E-state index contributed by atoms with van der Waals surface area (Å²) in [4.78, 5) is 0. The van der Waals surface area contributed by atoms with Crippen molar-refractivity contribution in [1.29, 1.82) is 0 Å². The molecule has 0 amide bonds. The minimum atomic E-state index is -0.150. The Morgan fingerprint density at radius 2 is 1.71 bits per heavy atom. The maximum absolute atomic E-state index is 5.20. The van der Waals surface area contributed by atoms with E-state index in [1.54, 1.807) is 0 Å². The fraction of sp³-hybridized carbons (Fsp3) is 0.667. The molecule has 0 bridgehead atoms. The Bertz CT molecular complexity index is 64.0. The van der Waals surface area contributed by atoms with Gasteiger partial charge in [-0.3, -0.25) is 0 Å². The minimum Gasteiger partial charge on any atom is -0.386 e. The average molecular weight is 231 g/mol. The summed E-state index contributed by atoms with van der Waals surface area (Å²) in [7, 11) is -0.150. The van der Waals surface area contributed by atoms with Gasteiger partial charge in [0.05, 0.1) is 0 Å². The van der Waals surface area contributed by atoms with Crippen LogP contribution in [-0.2, 0) is 22.4 Å². The van der Waals surface area contributed by atoms with Gasteiger partial charge in [-0.25, -0.2) is 10.9 Å². The van der Waals surface area contributed by atoms with Gasteiger partial charge in [-0.15, -0.1) is 0 Å². The zero-order valence-electron chi connectivity index (χ0n) is 4.23. The summed E-state index contributed by atoms with van der Waals surface area (Å²) < 4.78 is 0.657. The van der Waals surface area contributed by atoms with Crippen LogP contribution >= 0.6 is 23.1 Å². The first-order chi connectivity index (χ1) is 2.64. The van der Waals surface area contributed by atoms with Gasteiger partial charge in [0.25, 0.3) is 0 Å². The van der Waals surface area contributed by atoms with Crippen LogP contribution in [0.3, 0.4) is 0 Å². The van der Waals surface area contributed by atoms with Crippen LogP contribution in [0.15, 0.2) is 0 Å². The van der Waals surface area contributed by atoms with E-state index in [2.05, 4.69) is 12.2 Å². The molecule has 0 aromatic carbocycles. The second kappa shape index (κ2) is 5.12. The Balaban J connectivity index is 0. The molecule has 0 aliphatic heterocycles. The monoisotopic (exact) mass is 230 g/mol. The van der Waals surface area contributed by atoms with Crippen LogP contribution in [0.25, 0.3) is 0 Å². The number of thiol groups is 1. The molecule has 0 spiro atoms. The summed E-state index contributed by atoms with van der Waals surface area (Å²) in [5, 5.41) is 0. The third-order valence-electron chi connectivity index (χ3n) is 0.441. The van der Waals surface area contributed by atoms with Crippen molar-refractivity contribution in [2.24, 2.45) is 5.73 Å². The van der Waals surface area contributed by atoms with Crippen molar-refractivity contribution < 1.29 is 22.4 Å². The van der Waals surface area contributed by atoms with E-state index in [0.29, 0.717) is 4.32 Å². The molecule has 0 aromatic rings. The molecule has 0 rings (SSSR count). The summed E-state index contributed by atoms with van der Waals surface area (Å²) in [6.45, 7) is 0. The first kappa shape index (κ1) is 10.9. The average Bonchev–Trinajstić information content (AvgIpc) is 1.36. The molecule has 7 heavy (non-hydrogen) atoms. The largest absolute Gasteiger partial charge is 0.386 e. The van der Waals surface area contributed by atoms with Gasteiger partial charge >= 0.3 is 0 Å². The maximum atomic E-state index is 5.20. The molecule has 49 valence electrons. The molecule has 1 radical (unpaired) electrons. The van der Waals surface area contributed by atoms with Gasteiger partial charge in [-0.1, -0.05) is 12.2 Å². The Kier molecular flexibility index (Phi) is 7.96. The first-order valence-electron chi connectivity index (χ1n) is 1.61. The van der Waals surface area contributed by atoms with Crippen molar-refractivity contribution in [3.63, 3.8) is 0 Å². The van der Waals surface area contributed by atoms with Gasteiger partial charge in [-0.05, 0) is 12.5 Å². The second-order valence-electron chi connectivity index (χ2n) is 1.23. The smallest absolute Gasteiger partial charge is 0.110 e. The Hall–Kier alpha value is 0.980. The van der Waals surface area contributed by atoms with Gasteiger partial charge in [0, 0.05) is 22.4 Å². The molecular weight excluding hydrogens is 222 g/mol. The number of hydrogen-bond acceptors (Lipinski definition) is 1. The topological polar surface area (TPSA) is 26.0 Å². The molecule has 0 saturated carbocycles. The Morgan fingerprint density at radius 1 is 1.57 bits per heavy atom. The van der Waals surface area contributed by atoms with Crippen LogP contribution in [0.4, 0.5) is 0 Å². The SMILES string of the molecule is C[SH](C)C(N)=S.[Ag]. The predicted molar refractivity (Wildman–Crippen MR) is 37.6 cm³/mol. The van der Waals surface area contributed by atoms with E-state index in [0.717, 1.165) is 0 Å². The molecule has 0 fully saturated rings. The van der Waals surface area contributed by atoms with E-state index in [1.165, 1.54) is 0 Å². The number of nitrogens with two attached hydrogens (primary N) is 1. The van der Waals surface area contributed by atoms with Gasteiger partial charge in [0.2, 0.25) is 0 Å². The van der Waals surface area contributed by atoms with Crippen LogP contribution < -0.4 is 5.73 Å². The van der Waals surface area contributed by atoms with Gasteiger partial charge < -0.3 is 5.73 Å². The van der Waals surface area contributed by atoms with Gasteiger partial charge in [0.1, 0.15) is 4.32 Å². The van der Waals surface area contributed by atoms with E-state index in [9.17, 15) is 0 Å². The molecule has 0 aliphatic carbocycles. The van der Waals surface area contributed by atoms with E-state index in [1.807, 2.05) is 12.5 Å². The minimum absolute atomic E-state index is 0. The van der Waals surface area contributed by atoms with Crippen molar-refractivity contribution in [2.75, 3.05) is 12.5 Å². The standard InChI is InChI=1S/C3H9NS2.Ag/c1-6(2)3(4)5;/h6H,1-2H3,(H2,4,5);. The predicted octanol–water partition coefficient (Wildman–Crippen LogP) is 0.488. The van der Waals surface area contributed by atoms with E-state index in [4.69, 9.17) is 5.73 Å². The maximum Gasteiger partial charge on any atom is 0.110 e. The fourth-order valence-corrected chi connectivity index (χ4v) is 0. The van der Waals surface area contributed by atoms with Crippen LogP contribution in [-0.4, -0.2) is 16.8 Å². The second-order valence-corrected chi connectivity index (χ2v) is 4.25. The van der Waals surface area contributed by atoms with Crippen molar-refractivity contribution in [3.05, 3.63) is 0 Å². The van der Waals surface area contributed by atoms with Crippen molar-refractivity contribution >= 4 is 27.4 Å².